The maximum Gasteiger partial charge on any atom is 0.220 e. The van der Waals surface area contributed by atoms with E-state index in [1.165, 1.54) is 212 Å². The van der Waals surface area contributed by atoms with Gasteiger partial charge in [-0.25, -0.2) is 0 Å². The molecule has 1 rings (SSSR count). The first-order valence-electron chi connectivity index (χ1n) is 36.4. The molecule has 1 saturated heterocycles. The van der Waals surface area contributed by atoms with Crippen molar-refractivity contribution in [1.29, 1.82) is 0 Å². The maximum atomic E-state index is 13.2. The van der Waals surface area contributed by atoms with Crippen molar-refractivity contribution in [2.24, 2.45) is 0 Å². The SMILES string of the molecule is CC/C=C\C/C=C\C/C=C\C/C=C\C/C=C\C/C=C\C/C=C\C/C=C\CCCCCCCCCCCCCCC(=O)NC(COC1OC(CO)C(O)C(O)C1O)C(O)CCCCCCCCCCCCCCCCCCCCCCCCCCCC. The van der Waals surface area contributed by atoms with E-state index in [1.54, 1.807) is 0 Å². The normalized spacial score (nSPS) is 18.6. The summed E-state index contributed by atoms with van der Waals surface area (Å²) in [7, 11) is 0. The molecule has 0 aromatic carbocycles. The number of rotatable bonds is 63. The van der Waals surface area contributed by atoms with Gasteiger partial charge in [0.05, 0.1) is 25.4 Å². The van der Waals surface area contributed by atoms with E-state index in [9.17, 15) is 30.3 Å². The maximum absolute atomic E-state index is 13.2. The summed E-state index contributed by atoms with van der Waals surface area (Å²) in [6.45, 7) is 3.76. The summed E-state index contributed by atoms with van der Waals surface area (Å²) in [4.78, 5) is 13.2. The predicted molar refractivity (Wildman–Crippen MR) is 368 cm³/mol. The minimum atomic E-state index is -1.56. The second-order valence-corrected chi connectivity index (χ2v) is 25.0. The summed E-state index contributed by atoms with van der Waals surface area (Å²) in [6, 6.07) is -0.727. The summed E-state index contributed by atoms with van der Waals surface area (Å²) < 4.78 is 11.4. The van der Waals surface area contributed by atoms with Gasteiger partial charge in [0.15, 0.2) is 6.29 Å². The third-order valence-corrected chi connectivity index (χ3v) is 17.0. The van der Waals surface area contributed by atoms with Gasteiger partial charge in [-0.15, -0.1) is 0 Å². The zero-order valence-electron chi connectivity index (χ0n) is 55.8. The van der Waals surface area contributed by atoms with Gasteiger partial charge in [-0.1, -0.05) is 342 Å². The van der Waals surface area contributed by atoms with Crippen LogP contribution < -0.4 is 5.32 Å². The summed E-state index contributed by atoms with van der Waals surface area (Å²) >= 11 is 0. The number of aliphatic hydroxyl groups is 5. The van der Waals surface area contributed by atoms with E-state index in [-0.39, 0.29) is 12.5 Å². The molecular weight excluding hydrogens is 1070 g/mol. The first-order valence-corrected chi connectivity index (χ1v) is 36.4. The fourth-order valence-corrected chi connectivity index (χ4v) is 11.3. The molecule has 1 aliphatic rings. The topological polar surface area (TPSA) is 149 Å². The van der Waals surface area contributed by atoms with E-state index in [1.807, 2.05) is 0 Å². The molecule has 0 aromatic rings. The highest BCUT2D eigenvalue weighted by Gasteiger charge is 2.44. The highest BCUT2D eigenvalue weighted by molar-refractivity contribution is 5.76. The van der Waals surface area contributed by atoms with Crippen molar-refractivity contribution in [3.63, 3.8) is 0 Å². The predicted octanol–water partition coefficient (Wildman–Crippen LogP) is 20.3. The third-order valence-electron chi connectivity index (χ3n) is 17.0. The molecule has 9 nitrogen and oxygen atoms in total. The van der Waals surface area contributed by atoms with Gasteiger partial charge < -0.3 is 40.3 Å². The monoisotopic (exact) mass is 1200 g/mol. The largest absolute Gasteiger partial charge is 0.394 e. The average Bonchev–Trinajstić information content (AvgIpc) is 2.44. The van der Waals surface area contributed by atoms with Crippen molar-refractivity contribution in [3.8, 4) is 0 Å². The highest BCUT2D eigenvalue weighted by atomic mass is 16.7. The van der Waals surface area contributed by atoms with Gasteiger partial charge in [0.1, 0.15) is 24.4 Å². The number of carbonyl (C=O) groups is 1. The molecule has 9 heteroatoms. The minimum absolute atomic E-state index is 0.141. The number of nitrogens with one attached hydrogen (secondary N) is 1. The number of aliphatic hydroxyl groups excluding tert-OH is 5. The van der Waals surface area contributed by atoms with Crippen molar-refractivity contribution in [2.45, 2.75) is 371 Å². The van der Waals surface area contributed by atoms with E-state index >= 15 is 0 Å². The van der Waals surface area contributed by atoms with E-state index in [4.69, 9.17) is 9.47 Å². The molecule has 7 unspecified atom stereocenters. The number of allylic oxidation sites excluding steroid dienone is 16. The Kier molecular flexibility index (Phi) is 61.4. The van der Waals surface area contributed by atoms with Gasteiger partial charge in [-0.05, 0) is 77.0 Å². The Morgan fingerprint density at radius 2 is 0.721 bits per heavy atom. The molecule has 1 heterocycles. The molecule has 7 atom stereocenters. The standard InChI is InChI=1S/C77H137NO8/c1-3-5-7-9-11-13-15-17-19-21-23-25-27-29-31-32-33-34-35-36-37-38-39-40-41-43-45-47-49-51-53-55-57-59-61-63-65-67-73(81)78-70(69-85-77-76(84)75(83)74(82)72(68-79)86-77)71(80)66-64-62-60-58-56-54-52-50-48-46-44-42-30-28-26-24-22-20-18-16-14-12-10-8-6-4-2/h5,7,11,13,17,19,23,25,29,31,33-34,36-37,39-40,70-72,74-77,79-80,82-84H,3-4,6,8-10,12,14-16,18,20-22,24,26-28,30,32,35,38,41-69H2,1-2H3,(H,78,81)/b7-5-,13-11-,19-17-,25-23-,31-29-,34-33-,37-36-,40-39-. The lowest BCUT2D eigenvalue weighted by Crippen LogP contribution is -2.60. The highest BCUT2D eigenvalue weighted by Crippen LogP contribution is 2.24. The first kappa shape index (κ1) is 81.1. The van der Waals surface area contributed by atoms with Crippen LogP contribution in [-0.2, 0) is 14.3 Å². The Hall–Kier alpha value is -2.89. The van der Waals surface area contributed by atoms with E-state index in [0.717, 1.165) is 89.9 Å². The lowest BCUT2D eigenvalue weighted by Gasteiger charge is -2.40. The van der Waals surface area contributed by atoms with Crippen LogP contribution in [0, 0.1) is 0 Å². The quantitative estimate of drug-likeness (QED) is 0.0261. The van der Waals surface area contributed by atoms with Gasteiger partial charge in [0.25, 0.3) is 0 Å². The van der Waals surface area contributed by atoms with E-state index < -0.39 is 49.5 Å². The van der Waals surface area contributed by atoms with Crippen LogP contribution in [0.1, 0.15) is 328 Å². The van der Waals surface area contributed by atoms with E-state index in [2.05, 4.69) is 116 Å². The van der Waals surface area contributed by atoms with Crippen LogP contribution in [0.5, 0.6) is 0 Å². The van der Waals surface area contributed by atoms with Crippen LogP contribution >= 0.6 is 0 Å². The molecule has 0 aromatic heterocycles. The van der Waals surface area contributed by atoms with Crippen molar-refractivity contribution in [3.05, 3.63) is 97.2 Å². The molecule has 1 fully saturated rings. The number of unbranched alkanes of at least 4 members (excludes halogenated alkanes) is 37. The Balaban J connectivity index is 2.12. The van der Waals surface area contributed by atoms with Gasteiger partial charge in [0, 0.05) is 6.42 Å². The van der Waals surface area contributed by atoms with Crippen molar-refractivity contribution in [2.75, 3.05) is 13.2 Å². The third kappa shape index (κ3) is 53.0. The first-order chi connectivity index (χ1) is 42.3. The van der Waals surface area contributed by atoms with Crippen molar-refractivity contribution < 1.29 is 39.8 Å². The van der Waals surface area contributed by atoms with Crippen LogP contribution in [0.2, 0.25) is 0 Å². The van der Waals surface area contributed by atoms with Crippen LogP contribution in [0.25, 0.3) is 0 Å². The second-order valence-electron chi connectivity index (χ2n) is 25.0. The summed E-state index contributed by atoms with van der Waals surface area (Å²) in [5, 5.41) is 55.0. The van der Waals surface area contributed by atoms with Gasteiger partial charge in [-0.2, -0.15) is 0 Å². The fourth-order valence-electron chi connectivity index (χ4n) is 11.3. The molecule has 1 amide bonds. The Morgan fingerprint density at radius 3 is 1.07 bits per heavy atom. The fraction of sp³-hybridized carbons (Fsp3) is 0.779. The van der Waals surface area contributed by atoms with Gasteiger partial charge in [0.2, 0.25) is 5.91 Å². The zero-order chi connectivity index (χ0) is 62.1. The summed E-state index contributed by atoms with van der Waals surface area (Å²) in [6.07, 6.45) is 87.6. The smallest absolute Gasteiger partial charge is 0.220 e. The van der Waals surface area contributed by atoms with Crippen LogP contribution in [0.4, 0.5) is 0 Å². The molecular formula is C77H137NO8. The molecule has 0 saturated carbocycles. The molecule has 0 bridgehead atoms. The zero-order valence-corrected chi connectivity index (χ0v) is 55.8. The Labute approximate surface area is 530 Å². The second kappa shape index (κ2) is 65.1. The summed E-state index contributed by atoms with van der Waals surface area (Å²) in [5.41, 5.74) is 0. The van der Waals surface area contributed by atoms with Crippen LogP contribution in [-0.4, -0.2) is 87.5 Å². The number of hydrogen-bond donors (Lipinski definition) is 6. The number of hydrogen-bond acceptors (Lipinski definition) is 8. The minimum Gasteiger partial charge on any atom is -0.394 e. The Bertz CT molecular complexity index is 1680. The molecule has 86 heavy (non-hydrogen) atoms. The van der Waals surface area contributed by atoms with Crippen LogP contribution in [0.3, 0.4) is 0 Å². The van der Waals surface area contributed by atoms with Crippen LogP contribution in [0.15, 0.2) is 97.2 Å². The lowest BCUT2D eigenvalue weighted by atomic mass is 9.99. The van der Waals surface area contributed by atoms with Gasteiger partial charge >= 0.3 is 0 Å². The van der Waals surface area contributed by atoms with E-state index in [0.29, 0.717) is 12.8 Å². The number of carbonyl (C=O) groups excluding carboxylic acids is 1. The van der Waals surface area contributed by atoms with Gasteiger partial charge in [-0.3, -0.25) is 4.79 Å². The van der Waals surface area contributed by atoms with Crippen molar-refractivity contribution >= 4 is 5.91 Å². The van der Waals surface area contributed by atoms with Crippen molar-refractivity contribution in [1.82, 2.24) is 5.32 Å². The molecule has 0 radical (unpaired) electrons. The molecule has 1 aliphatic heterocycles. The summed E-state index contributed by atoms with van der Waals surface area (Å²) in [5.74, 6) is -0.145. The molecule has 6 N–H and O–H groups in total. The Morgan fingerprint density at radius 1 is 0.407 bits per heavy atom. The molecule has 498 valence electrons. The number of ether oxygens (including phenoxy) is 2. The molecule has 0 spiro atoms. The average molecular weight is 1200 g/mol. The number of amides is 1. The molecule has 0 aliphatic carbocycles. The lowest BCUT2D eigenvalue weighted by molar-refractivity contribution is -0.302.